The molecule has 0 amide bonds. The number of benzene rings is 1. The van der Waals surface area contributed by atoms with Gasteiger partial charge in [0.05, 0.1) is 18.2 Å². The van der Waals surface area contributed by atoms with Crippen molar-refractivity contribution >= 4 is 11.6 Å². The average Bonchev–Trinajstić information content (AvgIpc) is 3.17. The minimum Gasteiger partial charge on any atom is -0.487 e. The van der Waals surface area contributed by atoms with Gasteiger partial charge in [0.25, 0.3) is 0 Å². The van der Waals surface area contributed by atoms with E-state index in [4.69, 9.17) is 16.3 Å². The molecule has 1 aromatic heterocycles. The van der Waals surface area contributed by atoms with Crippen molar-refractivity contribution in [2.24, 2.45) is 0 Å². The Hall–Kier alpha value is -1.52. The highest BCUT2D eigenvalue weighted by molar-refractivity contribution is 6.30. The van der Waals surface area contributed by atoms with Crippen LogP contribution in [0.15, 0.2) is 30.7 Å². The molecule has 1 fully saturated rings. The molecule has 1 heterocycles. The second-order valence-corrected chi connectivity index (χ2v) is 5.53. The molecule has 1 saturated carbocycles. The van der Waals surface area contributed by atoms with E-state index in [1.54, 1.807) is 0 Å². The molecular weight excluding hydrogens is 274 g/mol. The Morgan fingerprint density at radius 2 is 2.30 bits per heavy atom. The van der Waals surface area contributed by atoms with Crippen LogP contribution in [0.1, 0.15) is 30.1 Å². The lowest BCUT2D eigenvalue weighted by atomic mass is 10.2. The summed E-state index contributed by atoms with van der Waals surface area (Å²) in [6.45, 7) is 1.27. The first kappa shape index (κ1) is 13.5. The molecule has 0 spiro atoms. The van der Waals surface area contributed by atoms with Crippen molar-refractivity contribution in [3.05, 3.63) is 47.0 Å². The quantitative estimate of drug-likeness (QED) is 0.888. The number of imidazole rings is 1. The van der Waals surface area contributed by atoms with E-state index >= 15 is 0 Å². The van der Waals surface area contributed by atoms with Crippen molar-refractivity contribution < 1.29 is 4.74 Å². The van der Waals surface area contributed by atoms with Crippen LogP contribution in [-0.4, -0.2) is 16.6 Å². The fourth-order valence-corrected chi connectivity index (χ4v) is 2.49. The molecule has 1 aliphatic carbocycles. The maximum absolute atomic E-state index is 6.03. The van der Waals surface area contributed by atoms with Crippen LogP contribution in [-0.2, 0) is 13.2 Å². The van der Waals surface area contributed by atoms with Crippen molar-refractivity contribution in [3.63, 3.8) is 0 Å². The monoisotopic (exact) mass is 291 g/mol. The number of nitrogens with zero attached hydrogens (tertiary/aromatic N) is 2. The lowest BCUT2D eigenvalue weighted by Crippen LogP contribution is -2.09. The Morgan fingerprint density at radius 1 is 1.45 bits per heavy atom. The van der Waals surface area contributed by atoms with E-state index in [-0.39, 0.29) is 0 Å². The van der Waals surface area contributed by atoms with E-state index in [9.17, 15) is 0 Å². The molecule has 106 valence electrons. The number of hydrogen-bond donors (Lipinski definition) is 1. The van der Waals surface area contributed by atoms with Gasteiger partial charge in [-0.2, -0.15) is 0 Å². The third kappa shape index (κ3) is 2.97. The molecule has 0 atom stereocenters. The zero-order valence-corrected chi connectivity index (χ0v) is 12.2. The number of ether oxygens (including phenoxy) is 1. The van der Waals surface area contributed by atoms with E-state index in [0.29, 0.717) is 12.6 Å². The highest BCUT2D eigenvalue weighted by Crippen LogP contribution is 2.35. The first-order chi connectivity index (χ1) is 9.78. The SMILES string of the molecule is CNCc1cc(Cl)ccc1OCc1cncn1C1CC1. The Labute approximate surface area is 123 Å². The fourth-order valence-electron chi connectivity index (χ4n) is 2.29. The second kappa shape index (κ2) is 5.85. The van der Waals surface area contributed by atoms with E-state index in [1.165, 1.54) is 12.8 Å². The molecule has 2 aromatic rings. The molecule has 1 aliphatic rings. The summed E-state index contributed by atoms with van der Waals surface area (Å²) in [4.78, 5) is 4.22. The van der Waals surface area contributed by atoms with Crippen LogP contribution < -0.4 is 10.1 Å². The predicted octanol–water partition coefficient (Wildman–Crippen LogP) is 3.17. The molecule has 3 rings (SSSR count). The molecule has 0 aliphatic heterocycles. The standard InChI is InChI=1S/C15H18ClN3O/c1-17-7-11-6-12(16)2-5-15(11)20-9-14-8-18-10-19(14)13-3-4-13/h2,5-6,8,10,13,17H,3-4,7,9H2,1H3. The molecule has 0 bridgehead atoms. The lowest BCUT2D eigenvalue weighted by Gasteiger charge is -2.13. The Kier molecular flexibility index (Phi) is 3.94. The zero-order chi connectivity index (χ0) is 13.9. The van der Waals surface area contributed by atoms with Gasteiger partial charge in [-0.1, -0.05) is 11.6 Å². The summed E-state index contributed by atoms with van der Waals surface area (Å²) in [5.41, 5.74) is 2.19. The first-order valence-electron chi connectivity index (χ1n) is 6.84. The maximum Gasteiger partial charge on any atom is 0.130 e. The topological polar surface area (TPSA) is 39.1 Å². The van der Waals surface area contributed by atoms with Crippen LogP contribution in [0.2, 0.25) is 5.02 Å². The van der Waals surface area contributed by atoms with Gasteiger partial charge in [-0.15, -0.1) is 0 Å². The van der Waals surface area contributed by atoms with Crippen molar-refractivity contribution in [1.82, 2.24) is 14.9 Å². The Morgan fingerprint density at radius 3 is 3.05 bits per heavy atom. The van der Waals surface area contributed by atoms with Crippen LogP contribution in [0.5, 0.6) is 5.75 Å². The lowest BCUT2D eigenvalue weighted by molar-refractivity contribution is 0.291. The molecule has 5 heteroatoms. The van der Waals surface area contributed by atoms with Gasteiger partial charge >= 0.3 is 0 Å². The Balaban J connectivity index is 1.72. The fraction of sp³-hybridized carbons (Fsp3) is 0.400. The highest BCUT2D eigenvalue weighted by atomic mass is 35.5. The molecule has 0 saturated heterocycles. The molecule has 1 N–H and O–H groups in total. The van der Waals surface area contributed by atoms with Crippen molar-refractivity contribution in [2.45, 2.75) is 32.0 Å². The smallest absolute Gasteiger partial charge is 0.130 e. The van der Waals surface area contributed by atoms with Gasteiger partial charge in [-0.25, -0.2) is 4.98 Å². The third-order valence-corrected chi connectivity index (χ3v) is 3.69. The van der Waals surface area contributed by atoms with Gasteiger partial charge < -0.3 is 14.6 Å². The molecular formula is C15H18ClN3O. The van der Waals surface area contributed by atoms with Gasteiger partial charge in [-0.05, 0) is 38.1 Å². The van der Waals surface area contributed by atoms with Crippen molar-refractivity contribution in [1.29, 1.82) is 0 Å². The zero-order valence-electron chi connectivity index (χ0n) is 11.5. The van der Waals surface area contributed by atoms with Crippen LogP contribution >= 0.6 is 11.6 Å². The second-order valence-electron chi connectivity index (χ2n) is 5.09. The third-order valence-electron chi connectivity index (χ3n) is 3.45. The van der Waals surface area contributed by atoms with Gasteiger partial charge in [0.2, 0.25) is 0 Å². The first-order valence-corrected chi connectivity index (χ1v) is 7.22. The Bertz CT molecular complexity index is 593. The average molecular weight is 292 g/mol. The van der Waals surface area contributed by atoms with E-state index in [1.807, 2.05) is 37.8 Å². The molecule has 0 unspecified atom stereocenters. The molecule has 4 nitrogen and oxygen atoms in total. The maximum atomic E-state index is 6.03. The van der Waals surface area contributed by atoms with Crippen molar-refractivity contribution in [3.8, 4) is 5.75 Å². The minimum atomic E-state index is 0.537. The summed E-state index contributed by atoms with van der Waals surface area (Å²) in [7, 11) is 1.91. The summed E-state index contributed by atoms with van der Waals surface area (Å²) < 4.78 is 8.16. The van der Waals surface area contributed by atoms with Crippen LogP contribution in [0.25, 0.3) is 0 Å². The van der Waals surface area contributed by atoms with Gasteiger partial charge in [-0.3, -0.25) is 0 Å². The minimum absolute atomic E-state index is 0.537. The van der Waals surface area contributed by atoms with Gasteiger partial charge in [0.15, 0.2) is 0 Å². The van der Waals surface area contributed by atoms with Crippen LogP contribution in [0.3, 0.4) is 0 Å². The number of aromatic nitrogens is 2. The molecule has 0 radical (unpaired) electrons. The van der Waals surface area contributed by atoms with E-state index in [2.05, 4.69) is 14.9 Å². The normalized spacial score (nSPS) is 14.5. The van der Waals surface area contributed by atoms with E-state index < -0.39 is 0 Å². The largest absolute Gasteiger partial charge is 0.487 e. The van der Waals surface area contributed by atoms with E-state index in [0.717, 1.165) is 28.6 Å². The summed E-state index contributed by atoms with van der Waals surface area (Å²) in [6.07, 6.45) is 6.27. The summed E-state index contributed by atoms with van der Waals surface area (Å²) in [5, 5.41) is 3.86. The van der Waals surface area contributed by atoms with Gasteiger partial charge in [0.1, 0.15) is 12.4 Å². The molecule has 20 heavy (non-hydrogen) atoms. The summed E-state index contributed by atoms with van der Waals surface area (Å²) in [5.74, 6) is 0.868. The van der Waals surface area contributed by atoms with Crippen LogP contribution in [0.4, 0.5) is 0 Å². The summed E-state index contributed by atoms with van der Waals surface area (Å²) >= 11 is 6.03. The number of nitrogens with one attached hydrogen (secondary N) is 1. The number of halogens is 1. The number of hydrogen-bond acceptors (Lipinski definition) is 3. The van der Waals surface area contributed by atoms with Crippen molar-refractivity contribution in [2.75, 3.05) is 7.05 Å². The highest BCUT2D eigenvalue weighted by Gasteiger charge is 2.25. The summed E-state index contributed by atoms with van der Waals surface area (Å²) in [6, 6.07) is 6.34. The molecule has 1 aromatic carbocycles. The van der Waals surface area contributed by atoms with Crippen LogP contribution in [0, 0.1) is 0 Å². The van der Waals surface area contributed by atoms with Gasteiger partial charge in [0, 0.05) is 23.2 Å². The predicted molar refractivity (Wildman–Crippen MR) is 79.0 cm³/mol. The number of rotatable bonds is 6.